The zero-order valence-corrected chi connectivity index (χ0v) is 16.3. The second-order valence-corrected chi connectivity index (χ2v) is 7.90. The zero-order valence-electron chi connectivity index (χ0n) is 16.3. The molecule has 7 nitrogen and oxygen atoms in total. The second-order valence-electron chi connectivity index (χ2n) is 7.90. The molecule has 1 aliphatic rings. The van der Waals surface area contributed by atoms with Crippen LogP contribution in [0.5, 0.6) is 0 Å². The van der Waals surface area contributed by atoms with E-state index in [9.17, 15) is 20.3 Å². The summed E-state index contributed by atoms with van der Waals surface area (Å²) in [6.07, 6.45) is 2.12. The fraction of sp³-hybridized carbons (Fsp3) is 0.364. The van der Waals surface area contributed by atoms with Crippen molar-refractivity contribution in [2.24, 2.45) is 0 Å². The summed E-state index contributed by atoms with van der Waals surface area (Å²) in [6, 6.07) is 11.9. The van der Waals surface area contributed by atoms with Gasteiger partial charge in [-0.25, -0.2) is 0 Å². The van der Waals surface area contributed by atoms with Crippen LogP contribution < -0.4 is 5.32 Å². The number of nitrogens with one attached hydrogen (secondary N) is 1. The number of nitrogens with zero attached hydrogens (tertiary/aromatic N) is 1. The van der Waals surface area contributed by atoms with Gasteiger partial charge in [0.2, 0.25) is 0 Å². The number of aliphatic hydroxyl groups is 2. The number of nitro groups is 1. The van der Waals surface area contributed by atoms with Crippen molar-refractivity contribution in [3.8, 4) is 0 Å². The molecule has 2 aromatic carbocycles. The van der Waals surface area contributed by atoms with E-state index in [1.807, 2.05) is 5.32 Å². The van der Waals surface area contributed by atoms with Crippen LogP contribution >= 0.6 is 0 Å². The Morgan fingerprint density at radius 1 is 1.28 bits per heavy atom. The molecule has 152 valence electrons. The fourth-order valence-electron chi connectivity index (χ4n) is 4.41. The van der Waals surface area contributed by atoms with Crippen molar-refractivity contribution in [3.05, 3.63) is 75.0 Å². The Morgan fingerprint density at radius 2 is 2.03 bits per heavy atom. The predicted octanol–water partition coefficient (Wildman–Crippen LogP) is 2.42. The molecule has 0 aliphatic heterocycles. The van der Waals surface area contributed by atoms with Crippen LogP contribution in [0.2, 0.25) is 0 Å². The molecule has 1 aromatic heterocycles. The lowest BCUT2D eigenvalue weighted by atomic mass is 9.90. The van der Waals surface area contributed by atoms with E-state index in [2.05, 4.69) is 30.1 Å². The van der Waals surface area contributed by atoms with Gasteiger partial charge in [-0.2, -0.15) is 0 Å². The molecule has 5 N–H and O–H groups in total. The number of nitrogens with two attached hydrogens (primary N) is 1. The number of nitro benzene ring substituents is 1. The van der Waals surface area contributed by atoms with Gasteiger partial charge in [-0.15, -0.1) is 0 Å². The van der Waals surface area contributed by atoms with Crippen LogP contribution in [0.15, 0.2) is 42.5 Å². The Kier molecular flexibility index (Phi) is 5.36. The Labute approximate surface area is 168 Å². The minimum Gasteiger partial charge on any atom is -0.390 e. The van der Waals surface area contributed by atoms with E-state index in [4.69, 9.17) is 0 Å². The van der Waals surface area contributed by atoms with Crippen LogP contribution in [-0.2, 0) is 6.42 Å². The van der Waals surface area contributed by atoms with E-state index in [0.29, 0.717) is 5.56 Å². The second kappa shape index (κ2) is 7.94. The maximum Gasteiger partial charge on any atom is 0.269 e. The van der Waals surface area contributed by atoms with Crippen LogP contribution in [0.3, 0.4) is 0 Å². The first-order valence-corrected chi connectivity index (χ1v) is 9.97. The number of fused-ring (bicyclic) bond motifs is 3. The van der Waals surface area contributed by atoms with Crippen LogP contribution in [0.1, 0.15) is 47.4 Å². The van der Waals surface area contributed by atoms with Crippen LogP contribution in [0, 0.1) is 17.0 Å². The number of hydrogen-bond acceptors (Lipinski definition) is 4. The number of aryl methyl sites for hydroxylation is 2. The topological polar surface area (TPSA) is 116 Å². The lowest BCUT2D eigenvalue weighted by Gasteiger charge is -2.27. The third-order valence-corrected chi connectivity index (χ3v) is 5.95. The highest BCUT2D eigenvalue weighted by Gasteiger charge is 2.32. The van der Waals surface area contributed by atoms with Gasteiger partial charge in [0.25, 0.3) is 5.69 Å². The molecule has 0 fully saturated rings. The van der Waals surface area contributed by atoms with Crippen LogP contribution in [0.4, 0.5) is 5.69 Å². The van der Waals surface area contributed by atoms with Crippen molar-refractivity contribution in [2.45, 2.75) is 44.4 Å². The standard InChI is InChI=1S/C22H25N3O4/c1-13-5-10-18-17(11-13)16-3-2-4-19(21(16)24-18)23-20(12-26)22(27)14-6-8-15(9-7-14)25(28)29/h5-11,19-20,22-24,26-27H,2-4,12H2,1H3/p+1/t19-,20-,22-/m1/s1. The highest BCUT2D eigenvalue weighted by Crippen LogP contribution is 2.33. The Morgan fingerprint density at radius 3 is 2.72 bits per heavy atom. The van der Waals surface area contributed by atoms with Crippen molar-refractivity contribution in [1.29, 1.82) is 0 Å². The zero-order chi connectivity index (χ0) is 20.5. The Hall–Kier alpha value is -2.74. The number of aliphatic hydroxyl groups excluding tert-OH is 2. The molecule has 29 heavy (non-hydrogen) atoms. The van der Waals surface area contributed by atoms with Gasteiger partial charge in [-0.1, -0.05) is 11.6 Å². The average Bonchev–Trinajstić information content (AvgIpc) is 3.10. The summed E-state index contributed by atoms with van der Waals surface area (Å²) in [4.78, 5) is 13.9. The van der Waals surface area contributed by atoms with Gasteiger partial charge in [0.1, 0.15) is 18.2 Å². The third kappa shape index (κ3) is 3.76. The smallest absolute Gasteiger partial charge is 0.269 e. The maximum atomic E-state index is 10.8. The van der Waals surface area contributed by atoms with Crippen molar-refractivity contribution in [3.63, 3.8) is 0 Å². The van der Waals surface area contributed by atoms with E-state index in [1.165, 1.54) is 34.3 Å². The highest BCUT2D eigenvalue weighted by atomic mass is 16.6. The van der Waals surface area contributed by atoms with E-state index in [1.54, 1.807) is 12.1 Å². The number of non-ortho nitro benzene ring substituents is 1. The summed E-state index contributed by atoms with van der Waals surface area (Å²) in [6.45, 7) is 1.90. The lowest BCUT2D eigenvalue weighted by Crippen LogP contribution is -2.93. The summed E-state index contributed by atoms with van der Waals surface area (Å²) < 4.78 is 0. The van der Waals surface area contributed by atoms with E-state index >= 15 is 0 Å². The van der Waals surface area contributed by atoms with Gasteiger partial charge < -0.3 is 20.5 Å². The molecular formula is C22H26N3O4+. The molecule has 0 amide bonds. The molecule has 3 aromatic rings. The number of benzene rings is 2. The van der Waals surface area contributed by atoms with E-state index in [-0.39, 0.29) is 18.3 Å². The number of quaternary nitrogens is 1. The number of rotatable bonds is 6. The first-order valence-electron chi connectivity index (χ1n) is 9.97. The van der Waals surface area contributed by atoms with Crippen molar-refractivity contribution in [2.75, 3.05) is 6.61 Å². The predicted molar refractivity (Wildman–Crippen MR) is 110 cm³/mol. The average molecular weight is 396 g/mol. The summed E-state index contributed by atoms with van der Waals surface area (Å²) in [7, 11) is 0. The summed E-state index contributed by atoms with van der Waals surface area (Å²) >= 11 is 0. The normalized spacial score (nSPS) is 18.4. The monoisotopic (exact) mass is 396 g/mol. The van der Waals surface area contributed by atoms with Crippen molar-refractivity contribution in [1.82, 2.24) is 4.98 Å². The molecule has 0 radical (unpaired) electrons. The number of aromatic amines is 1. The molecule has 0 bridgehead atoms. The summed E-state index contributed by atoms with van der Waals surface area (Å²) in [5.41, 5.74) is 5.40. The molecule has 0 spiro atoms. The molecule has 4 rings (SSSR count). The summed E-state index contributed by atoms with van der Waals surface area (Å²) in [5, 5.41) is 34.9. The quantitative estimate of drug-likeness (QED) is 0.378. The molecule has 3 atom stereocenters. The molecule has 1 aliphatic carbocycles. The van der Waals surface area contributed by atoms with Crippen molar-refractivity contribution >= 4 is 16.6 Å². The SMILES string of the molecule is Cc1ccc2[nH]c3c(c2c1)CCC[C@H]3[NH2+][C@H](CO)[C@H](O)c1ccc([N+](=O)[O-])cc1. The third-order valence-electron chi connectivity index (χ3n) is 5.95. The van der Waals surface area contributed by atoms with Gasteiger partial charge in [-0.05, 0) is 55.2 Å². The highest BCUT2D eigenvalue weighted by molar-refractivity contribution is 5.85. The van der Waals surface area contributed by atoms with E-state index in [0.717, 1.165) is 24.8 Å². The Bertz CT molecular complexity index is 1030. The van der Waals surface area contributed by atoms with Gasteiger partial charge in [-0.3, -0.25) is 10.1 Å². The van der Waals surface area contributed by atoms with Gasteiger partial charge in [0.15, 0.2) is 0 Å². The van der Waals surface area contributed by atoms with Crippen LogP contribution in [-0.4, -0.2) is 32.8 Å². The van der Waals surface area contributed by atoms with E-state index < -0.39 is 17.1 Å². The minimum absolute atomic E-state index is 0.0178. The molecule has 1 heterocycles. The van der Waals surface area contributed by atoms with Gasteiger partial charge >= 0.3 is 0 Å². The lowest BCUT2D eigenvalue weighted by molar-refractivity contribution is -0.738. The van der Waals surface area contributed by atoms with Crippen molar-refractivity contribution < 1.29 is 20.5 Å². The fourth-order valence-corrected chi connectivity index (χ4v) is 4.41. The van der Waals surface area contributed by atoms with Gasteiger partial charge in [0.05, 0.1) is 17.2 Å². The molecule has 0 saturated heterocycles. The molecular weight excluding hydrogens is 370 g/mol. The number of aromatic nitrogens is 1. The Balaban J connectivity index is 1.58. The number of H-pyrrole nitrogens is 1. The minimum atomic E-state index is -0.919. The number of hydrogen-bond donors (Lipinski definition) is 4. The first kappa shape index (κ1) is 19.6. The van der Waals surface area contributed by atoms with Crippen LogP contribution in [0.25, 0.3) is 10.9 Å². The molecule has 0 saturated carbocycles. The largest absolute Gasteiger partial charge is 0.390 e. The molecule has 0 unspecified atom stereocenters. The van der Waals surface area contributed by atoms with Gasteiger partial charge in [0, 0.05) is 29.5 Å². The summed E-state index contributed by atoms with van der Waals surface area (Å²) in [5.74, 6) is 0. The first-order chi connectivity index (χ1) is 14.0. The molecule has 7 heteroatoms. The maximum absolute atomic E-state index is 10.8.